The van der Waals surface area contributed by atoms with E-state index in [-0.39, 0.29) is 16.7 Å². The van der Waals surface area contributed by atoms with Gasteiger partial charge in [-0.2, -0.15) is 5.10 Å². The summed E-state index contributed by atoms with van der Waals surface area (Å²) in [6.45, 7) is 3.35. The van der Waals surface area contributed by atoms with Gasteiger partial charge in [-0.25, -0.2) is 9.80 Å². The third kappa shape index (κ3) is 4.72. The first-order valence-electron chi connectivity index (χ1n) is 11.2. The molecule has 2 aliphatic heterocycles. The smallest absolute Gasteiger partial charge is 0.338 e. The zero-order valence-corrected chi connectivity index (χ0v) is 20.0. The monoisotopic (exact) mass is 489 g/mol. The summed E-state index contributed by atoms with van der Waals surface area (Å²) in [6.07, 6.45) is 2.03. The third-order valence-electron chi connectivity index (χ3n) is 5.90. The summed E-state index contributed by atoms with van der Waals surface area (Å²) in [6, 6.07) is 16.0. The van der Waals surface area contributed by atoms with Gasteiger partial charge in [0.15, 0.2) is 6.61 Å². The van der Waals surface area contributed by atoms with E-state index in [0.29, 0.717) is 17.9 Å². The lowest BCUT2D eigenvalue weighted by Gasteiger charge is -2.22. The Hall–Kier alpha value is -3.85. The van der Waals surface area contributed by atoms with Crippen molar-refractivity contribution in [1.82, 2.24) is 5.01 Å². The van der Waals surface area contributed by atoms with Crippen molar-refractivity contribution < 1.29 is 23.5 Å². The summed E-state index contributed by atoms with van der Waals surface area (Å²) < 4.78 is 10.9. The van der Waals surface area contributed by atoms with Crippen LogP contribution in [0.2, 0.25) is 0 Å². The molecule has 35 heavy (non-hydrogen) atoms. The summed E-state index contributed by atoms with van der Waals surface area (Å²) in [5.74, 6) is -0.635. The van der Waals surface area contributed by atoms with Crippen LogP contribution in [0.5, 0.6) is 0 Å². The number of esters is 1. The van der Waals surface area contributed by atoms with Crippen molar-refractivity contribution >= 4 is 40.9 Å². The fourth-order valence-electron chi connectivity index (χ4n) is 3.98. The highest BCUT2D eigenvalue weighted by Crippen LogP contribution is 2.36. The predicted octanol–water partition coefficient (Wildman–Crippen LogP) is 4.56. The Labute approximate surface area is 206 Å². The maximum Gasteiger partial charge on any atom is 0.338 e. The highest BCUT2D eigenvalue weighted by atomic mass is 32.2. The number of rotatable bonds is 5. The van der Waals surface area contributed by atoms with Gasteiger partial charge in [0.05, 0.1) is 28.5 Å². The maximum atomic E-state index is 13.1. The van der Waals surface area contributed by atoms with Crippen LogP contribution in [0.25, 0.3) is 0 Å². The normalized spacial score (nSPS) is 19.1. The minimum atomic E-state index is -0.657. The molecule has 8 nitrogen and oxygen atoms in total. The topological polar surface area (TPSA) is 101 Å². The lowest BCUT2D eigenvalue weighted by Crippen LogP contribution is -2.31. The van der Waals surface area contributed by atoms with Crippen molar-refractivity contribution in [2.24, 2.45) is 5.10 Å². The zero-order chi connectivity index (χ0) is 24.5. The number of benzene rings is 2. The van der Waals surface area contributed by atoms with Gasteiger partial charge in [0.25, 0.3) is 5.91 Å². The van der Waals surface area contributed by atoms with Crippen molar-refractivity contribution in [2.75, 3.05) is 11.9 Å². The van der Waals surface area contributed by atoms with Gasteiger partial charge in [-0.15, -0.1) is 11.8 Å². The standard InChI is InChI=1S/C26H23N3O5S/c1-15-5-7-17(8-6-15)19-13-21(22-4-3-11-33-22)29(28-19)24(30)14-34-26(32)18-9-10-23-20(12-18)27-25(31)16(2)35-23/h3-12,16,21H,13-14H2,1-2H3,(H,27,31). The number of carbonyl (C=O) groups is 3. The minimum Gasteiger partial charge on any atom is -0.467 e. The number of furan rings is 1. The van der Waals surface area contributed by atoms with Crippen LogP contribution in [0.1, 0.15) is 46.6 Å². The van der Waals surface area contributed by atoms with Crippen LogP contribution in [0.3, 0.4) is 0 Å². The predicted molar refractivity (Wildman–Crippen MR) is 131 cm³/mol. The minimum absolute atomic E-state index is 0.122. The van der Waals surface area contributed by atoms with Gasteiger partial charge in [-0.3, -0.25) is 9.59 Å². The summed E-state index contributed by atoms with van der Waals surface area (Å²) in [4.78, 5) is 38.6. The number of nitrogens with one attached hydrogen (secondary N) is 1. The summed E-state index contributed by atoms with van der Waals surface area (Å²) in [5.41, 5.74) is 3.61. The number of hydrogen-bond donors (Lipinski definition) is 1. The Bertz CT molecular complexity index is 1320. The molecule has 1 N–H and O–H groups in total. The molecule has 0 saturated carbocycles. The Balaban J connectivity index is 1.30. The summed E-state index contributed by atoms with van der Waals surface area (Å²) in [5, 5.41) is 8.46. The van der Waals surface area contributed by atoms with Gasteiger partial charge in [0.1, 0.15) is 11.8 Å². The van der Waals surface area contributed by atoms with Crippen molar-refractivity contribution in [3.8, 4) is 0 Å². The molecule has 0 saturated heterocycles. The first kappa shape index (κ1) is 22.9. The zero-order valence-electron chi connectivity index (χ0n) is 19.2. The molecule has 2 aliphatic rings. The molecule has 3 heterocycles. The molecular weight excluding hydrogens is 466 g/mol. The summed E-state index contributed by atoms with van der Waals surface area (Å²) in [7, 11) is 0. The Morgan fingerprint density at radius 2 is 2.00 bits per heavy atom. The molecule has 0 bridgehead atoms. The van der Waals surface area contributed by atoms with E-state index in [1.807, 2.05) is 38.1 Å². The third-order valence-corrected chi connectivity index (χ3v) is 7.07. The van der Waals surface area contributed by atoms with Crippen LogP contribution in [0, 0.1) is 6.92 Å². The highest BCUT2D eigenvalue weighted by Gasteiger charge is 2.35. The van der Waals surface area contributed by atoms with E-state index in [9.17, 15) is 14.4 Å². The Morgan fingerprint density at radius 3 is 2.74 bits per heavy atom. The molecule has 178 valence electrons. The number of aryl methyl sites for hydroxylation is 1. The molecule has 2 aromatic carbocycles. The molecule has 0 spiro atoms. The number of hydrogen-bond acceptors (Lipinski definition) is 7. The number of amides is 2. The second kappa shape index (κ2) is 9.42. The summed E-state index contributed by atoms with van der Waals surface area (Å²) >= 11 is 1.42. The van der Waals surface area contributed by atoms with E-state index in [0.717, 1.165) is 21.7 Å². The number of nitrogens with zero attached hydrogens (tertiary/aromatic N) is 2. The fraction of sp³-hybridized carbons (Fsp3) is 0.231. The maximum absolute atomic E-state index is 13.1. The van der Waals surface area contributed by atoms with E-state index >= 15 is 0 Å². The average Bonchev–Trinajstić information content (AvgIpc) is 3.53. The van der Waals surface area contributed by atoms with Crippen LogP contribution >= 0.6 is 11.8 Å². The van der Waals surface area contributed by atoms with E-state index in [4.69, 9.17) is 9.15 Å². The first-order chi connectivity index (χ1) is 16.9. The molecule has 2 unspecified atom stereocenters. The average molecular weight is 490 g/mol. The lowest BCUT2D eigenvalue weighted by molar-refractivity contribution is -0.136. The number of hydrazone groups is 1. The molecule has 0 radical (unpaired) electrons. The van der Waals surface area contributed by atoms with E-state index in [1.54, 1.807) is 36.6 Å². The second-order valence-electron chi connectivity index (χ2n) is 8.42. The molecule has 2 amide bonds. The molecule has 5 rings (SSSR count). The number of carbonyl (C=O) groups excluding carboxylic acids is 3. The fourth-order valence-corrected chi connectivity index (χ4v) is 4.91. The van der Waals surface area contributed by atoms with Crippen LogP contribution in [-0.4, -0.2) is 40.4 Å². The van der Waals surface area contributed by atoms with E-state index in [2.05, 4.69) is 10.4 Å². The highest BCUT2D eigenvalue weighted by molar-refractivity contribution is 8.00. The number of fused-ring (bicyclic) bond motifs is 1. The first-order valence-corrected chi connectivity index (χ1v) is 12.1. The van der Waals surface area contributed by atoms with Gasteiger partial charge in [-0.1, -0.05) is 29.8 Å². The van der Waals surface area contributed by atoms with Crippen LogP contribution in [0.15, 0.2) is 75.3 Å². The van der Waals surface area contributed by atoms with Crippen LogP contribution < -0.4 is 5.32 Å². The number of ether oxygens (including phenoxy) is 1. The second-order valence-corrected chi connectivity index (χ2v) is 9.81. The molecule has 3 aromatic rings. The Kier molecular flexibility index (Phi) is 6.17. The van der Waals surface area contributed by atoms with Crippen molar-refractivity contribution in [3.05, 3.63) is 83.3 Å². The van der Waals surface area contributed by atoms with Crippen LogP contribution in [-0.2, 0) is 14.3 Å². The quantitative estimate of drug-likeness (QED) is 0.528. The van der Waals surface area contributed by atoms with E-state index < -0.39 is 24.5 Å². The molecular formula is C26H23N3O5S. The Morgan fingerprint density at radius 1 is 1.20 bits per heavy atom. The van der Waals surface area contributed by atoms with Gasteiger partial charge in [0.2, 0.25) is 5.91 Å². The van der Waals surface area contributed by atoms with Crippen LogP contribution in [0.4, 0.5) is 5.69 Å². The van der Waals surface area contributed by atoms with Gasteiger partial charge < -0.3 is 14.5 Å². The molecule has 2 atom stereocenters. The lowest BCUT2D eigenvalue weighted by atomic mass is 10.0. The van der Waals surface area contributed by atoms with Crippen molar-refractivity contribution in [3.63, 3.8) is 0 Å². The van der Waals surface area contributed by atoms with E-state index in [1.165, 1.54) is 16.8 Å². The largest absolute Gasteiger partial charge is 0.467 e. The van der Waals surface area contributed by atoms with Gasteiger partial charge >= 0.3 is 5.97 Å². The number of thioether (sulfide) groups is 1. The van der Waals surface area contributed by atoms with Gasteiger partial charge in [0, 0.05) is 11.3 Å². The van der Waals surface area contributed by atoms with Crippen molar-refractivity contribution in [1.29, 1.82) is 0 Å². The van der Waals surface area contributed by atoms with Gasteiger partial charge in [-0.05, 0) is 49.7 Å². The molecule has 1 aromatic heterocycles. The molecule has 9 heteroatoms. The molecule has 0 aliphatic carbocycles. The number of anilines is 1. The SMILES string of the molecule is Cc1ccc(C2=NN(C(=O)COC(=O)c3ccc4c(c3)NC(=O)C(C)S4)C(c3ccco3)C2)cc1. The molecule has 0 fully saturated rings. The van der Waals surface area contributed by atoms with Crippen molar-refractivity contribution in [2.45, 2.75) is 36.5 Å².